The van der Waals surface area contributed by atoms with Crippen molar-refractivity contribution in [2.24, 2.45) is 0 Å². The average Bonchev–Trinajstić information content (AvgIpc) is 2.08. The fraction of sp³-hybridized carbons (Fsp3) is 1.00. The van der Waals surface area contributed by atoms with Gasteiger partial charge >= 0.3 is 0 Å². The Morgan fingerprint density at radius 1 is 0.583 bits per heavy atom. The van der Waals surface area contributed by atoms with Crippen LogP contribution in [0.3, 0.4) is 0 Å². The highest BCUT2D eigenvalue weighted by atomic mass is 79.9. The predicted molar refractivity (Wildman–Crippen MR) is 73.2 cm³/mol. The Hall–Kier alpha value is 2.69. The largest absolute Gasteiger partial charge is 0.120 e. The zero-order valence-electron chi connectivity index (χ0n) is 5.73. The molecular formula is C6H6Br5Cl. The summed E-state index contributed by atoms with van der Waals surface area (Å²) in [5.74, 6) is 0. The molecule has 1 saturated carbocycles. The smallest absolute Gasteiger partial charge is 0.0608 e. The summed E-state index contributed by atoms with van der Waals surface area (Å²) in [6, 6.07) is 0. The van der Waals surface area contributed by atoms with Gasteiger partial charge in [-0.25, -0.2) is 0 Å². The van der Waals surface area contributed by atoms with Crippen LogP contribution in [0.2, 0.25) is 0 Å². The second-order valence-electron chi connectivity index (χ2n) is 2.67. The number of halogens is 6. The van der Waals surface area contributed by atoms with Gasteiger partial charge in [0.25, 0.3) is 0 Å². The molecule has 6 heteroatoms. The SMILES string of the molecule is ClC1[C@@H](Br)[C@H](Br)C(Br)[C@H](Br)[C@H]1Br. The lowest BCUT2D eigenvalue weighted by Gasteiger charge is -2.39. The van der Waals surface area contributed by atoms with Crippen molar-refractivity contribution in [1.82, 2.24) is 0 Å². The van der Waals surface area contributed by atoms with Crippen molar-refractivity contribution >= 4 is 91.3 Å². The second kappa shape index (κ2) is 5.15. The Bertz CT molecular complexity index is 107. The predicted octanol–water partition coefficient (Wildman–Crippen LogP) is 4.42. The van der Waals surface area contributed by atoms with Crippen LogP contribution in [0.25, 0.3) is 0 Å². The van der Waals surface area contributed by atoms with Gasteiger partial charge in [0.2, 0.25) is 0 Å². The summed E-state index contributed by atoms with van der Waals surface area (Å²) in [6.45, 7) is 0. The Morgan fingerprint density at radius 3 is 1.17 bits per heavy atom. The van der Waals surface area contributed by atoms with Gasteiger partial charge in [0, 0.05) is 24.1 Å². The summed E-state index contributed by atoms with van der Waals surface area (Å²) < 4.78 is 0. The first-order valence-corrected chi connectivity index (χ1v) is 8.32. The number of alkyl halides is 6. The fourth-order valence-corrected chi connectivity index (χ4v) is 6.65. The molecule has 2 unspecified atom stereocenters. The van der Waals surface area contributed by atoms with E-state index >= 15 is 0 Å². The first-order valence-electron chi connectivity index (χ1n) is 3.31. The third-order valence-electron chi connectivity index (χ3n) is 1.83. The molecule has 6 atom stereocenters. The summed E-state index contributed by atoms with van der Waals surface area (Å²) >= 11 is 24.1. The molecule has 0 aromatic heterocycles. The molecule has 12 heavy (non-hydrogen) atoms. The minimum absolute atomic E-state index is 0.0903. The van der Waals surface area contributed by atoms with Gasteiger partial charge in [-0.1, -0.05) is 79.6 Å². The zero-order chi connectivity index (χ0) is 9.46. The van der Waals surface area contributed by atoms with Crippen LogP contribution in [-0.4, -0.2) is 29.5 Å². The number of hydrogen-bond donors (Lipinski definition) is 0. The normalized spacial score (nSPS) is 55.5. The van der Waals surface area contributed by atoms with Gasteiger partial charge in [-0.2, -0.15) is 0 Å². The summed E-state index contributed by atoms with van der Waals surface area (Å²) in [7, 11) is 0. The lowest BCUT2D eigenvalue weighted by atomic mass is 9.99. The van der Waals surface area contributed by atoms with E-state index in [1.807, 2.05) is 0 Å². The Kier molecular flexibility index (Phi) is 5.48. The quantitative estimate of drug-likeness (QED) is 0.421. The summed E-state index contributed by atoms with van der Waals surface area (Å²) in [6.07, 6.45) is 0. The van der Waals surface area contributed by atoms with Crippen molar-refractivity contribution in [3.63, 3.8) is 0 Å². The second-order valence-corrected chi connectivity index (χ2v) is 8.46. The van der Waals surface area contributed by atoms with Gasteiger partial charge in [0.1, 0.15) is 0 Å². The molecule has 0 saturated heterocycles. The molecule has 0 spiro atoms. The third-order valence-corrected chi connectivity index (χ3v) is 11.5. The van der Waals surface area contributed by atoms with Crippen molar-refractivity contribution in [2.45, 2.75) is 29.5 Å². The van der Waals surface area contributed by atoms with Crippen LogP contribution in [0.5, 0.6) is 0 Å². The summed E-state index contributed by atoms with van der Waals surface area (Å²) in [5, 5.41) is 0.0903. The van der Waals surface area contributed by atoms with Crippen LogP contribution in [0.15, 0.2) is 0 Å². The molecule has 1 aliphatic carbocycles. The molecule has 0 aliphatic heterocycles. The zero-order valence-corrected chi connectivity index (χ0v) is 14.4. The molecule has 0 aromatic rings. The van der Waals surface area contributed by atoms with Crippen LogP contribution < -0.4 is 0 Å². The van der Waals surface area contributed by atoms with E-state index in [-0.39, 0.29) is 15.0 Å². The minimum atomic E-state index is 0.0903. The molecule has 0 heterocycles. The molecule has 0 radical (unpaired) electrons. The Balaban J connectivity index is 2.76. The Morgan fingerprint density at radius 2 is 0.833 bits per heavy atom. The third kappa shape index (κ3) is 2.43. The van der Waals surface area contributed by atoms with Gasteiger partial charge in [-0.05, 0) is 0 Å². The van der Waals surface area contributed by atoms with Crippen molar-refractivity contribution in [1.29, 1.82) is 0 Å². The Labute approximate surface area is 119 Å². The minimum Gasteiger partial charge on any atom is -0.120 e. The van der Waals surface area contributed by atoms with E-state index in [4.69, 9.17) is 11.6 Å². The molecule has 0 N–H and O–H groups in total. The van der Waals surface area contributed by atoms with Gasteiger partial charge in [0.05, 0.1) is 5.38 Å². The molecule has 0 amide bonds. The molecule has 1 rings (SSSR count). The highest BCUT2D eigenvalue weighted by Crippen LogP contribution is 2.43. The molecule has 1 aliphatic rings. The molecule has 1 fully saturated rings. The van der Waals surface area contributed by atoms with E-state index in [9.17, 15) is 0 Å². The van der Waals surface area contributed by atoms with Crippen molar-refractivity contribution < 1.29 is 0 Å². The van der Waals surface area contributed by atoms with Gasteiger partial charge < -0.3 is 0 Å². The van der Waals surface area contributed by atoms with Gasteiger partial charge in [-0.3, -0.25) is 0 Å². The van der Waals surface area contributed by atoms with E-state index in [1.165, 1.54) is 0 Å². The molecule has 0 nitrogen and oxygen atoms in total. The fourth-order valence-electron chi connectivity index (χ4n) is 1.05. The number of hydrogen-bond acceptors (Lipinski definition) is 0. The van der Waals surface area contributed by atoms with Crippen molar-refractivity contribution in [2.75, 3.05) is 0 Å². The van der Waals surface area contributed by atoms with Crippen molar-refractivity contribution in [3.05, 3.63) is 0 Å². The van der Waals surface area contributed by atoms with E-state index in [0.29, 0.717) is 14.5 Å². The highest BCUT2D eigenvalue weighted by molar-refractivity contribution is 9.15. The van der Waals surface area contributed by atoms with E-state index in [1.54, 1.807) is 0 Å². The van der Waals surface area contributed by atoms with Crippen LogP contribution in [0.4, 0.5) is 0 Å². The number of rotatable bonds is 0. The molecule has 0 bridgehead atoms. The van der Waals surface area contributed by atoms with Crippen LogP contribution in [0, 0.1) is 0 Å². The first kappa shape index (κ1) is 12.8. The average molecular weight is 513 g/mol. The molecular weight excluding hydrogens is 507 g/mol. The molecule has 0 aromatic carbocycles. The van der Waals surface area contributed by atoms with Crippen LogP contribution >= 0.6 is 91.3 Å². The van der Waals surface area contributed by atoms with E-state index < -0.39 is 0 Å². The van der Waals surface area contributed by atoms with Gasteiger partial charge in [0.15, 0.2) is 0 Å². The molecule has 72 valence electrons. The van der Waals surface area contributed by atoms with Crippen LogP contribution in [0.1, 0.15) is 0 Å². The lowest BCUT2D eigenvalue weighted by Crippen LogP contribution is -2.50. The van der Waals surface area contributed by atoms with E-state index in [0.717, 1.165) is 0 Å². The highest BCUT2D eigenvalue weighted by Gasteiger charge is 2.45. The van der Waals surface area contributed by atoms with Gasteiger partial charge in [-0.15, -0.1) is 11.6 Å². The first-order chi connectivity index (χ1) is 5.46. The summed E-state index contributed by atoms with van der Waals surface area (Å²) in [4.78, 5) is 1.63. The van der Waals surface area contributed by atoms with Crippen LogP contribution in [-0.2, 0) is 0 Å². The topological polar surface area (TPSA) is 0 Å². The summed E-state index contributed by atoms with van der Waals surface area (Å²) in [5.41, 5.74) is 0. The maximum atomic E-state index is 6.20. The van der Waals surface area contributed by atoms with E-state index in [2.05, 4.69) is 79.6 Å². The maximum Gasteiger partial charge on any atom is 0.0608 e. The monoisotopic (exact) mass is 508 g/mol. The van der Waals surface area contributed by atoms with Crippen molar-refractivity contribution in [3.8, 4) is 0 Å². The standard InChI is InChI=1S/C6H6Br5Cl/c7-1-2(8)4(10)6(12)5(11)3(1)9/h1-6H/t1?,2-,3+,4+,5-,6?. The maximum absolute atomic E-state index is 6.20. The lowest BCUT2D eigenvalue weighted by molar-refractivity contribution is 0.600.